The van der Waals surface area contributed by atoms with Crippen molar-refractivity contribution in [3.05, 3.63) is 66.1 Å². The lowest BCUT2D eigenvalue weighted by molar-refractivity contribution is -0.141. The standard InChI is InChI=1S/C22H18F3N5/c1-21(2,13-26)30-8-4-3-5-18(30)16-9-15-10-17(29-20(15)28-12-16)14-6-7-19(27-11-14)22(23,24)25/h3-7,9-12H,8H2,1-2H3,(H,28,29). The zero-order valence-corrected chi connectivity index (χ0v) is 16.3. The summed E-state index contributed by atoms with van der Waals surface area (Å²) < 4.78 is 38.2. The van der Waals surface area contributed by atoms with Gasteiger partial charge in [0.25, 0.3) is 0 Å². The van der Waals surface area contributed by atoms with Crippen molar-refractivity contribution in [1.29, 1.82) is 5.26 Å². The Balaban J connectivity index is 1.70. The third-order valence-electron chi connectivity index (χ3n) is 5.05. The number of nitrogens with one attached hydrogen (secondary N) is 1. The second kappa shape index (κ2) is 7.02. The Kier molecular flexibility index (Phi) is 4.61. The fraction of sp³-hybridized carbons (Fsp3) is 0.227. The minimum Gasteiger partial charge on any atom is -0.349 e. The monoisotopic (exact) mass is 409 g/mol. The van der Waals surface area contributed by atoms with Crippen molar-refractivity contribution in [2.75, 3.05) is 6.54 Å². The molecule has 4 heterocycles. The molecule has 0 atom stereocenters. The van der Waals surface area contributed by atoms with Crippen LogP contribution in [0.15, 0.2) is 54.9 Å². The molecule has 1 aliphatic heterocycles. The van der Waals surface area contributed by atoms with Crippen molar-refractivity contribution in [1.82, 2.24) is 19.9 Å². The number of nitriles is 1. The maximum Gasteiger partial charge on any atom is 0.433 e. The number of rotatable bonds is 3. The van der Waals surface area contributed by atoms with Crippen LogP contribution in [-0.4, -0.2) is 31.9 Å². The highest BCUT2D eigenvalue weighted by Crippen LogP contribution is 2.32. The zero-order chi connectivity index (χ0) is 21.5. The number of allylic oxidation sites excluding steroid dienone is 2. The molecule has 0 saturated heterocycles. The number of halogens is 3. The smallest absolute Gasteiger partial charge is 0.349 e. The van der Waals surface area contributed by atoms with Gasteiger partial charge in [0.15, 0.2) is 0 Å². The highest BCUT2D eigenvalue weighted by atomic mass is 19.4. The Morgan fingerprint density at radius 2 is 1.87 bits per heavy atom. The van der Waals surface area contributed by atoms with Crippen molar-refractivity contribution >= 4 is 16.7 Å². The van der Waals surface area contributed by atoms with Gasteiger partial charge in [-0.3, -0.25) is 4.98 Å². The molecule has 1 aliphatic rings. The van der Waals surface area contributed by atoms with Crippen molar-refractivity contribution in [2.24, 2.45) is 0 Å². The van der Waals surface area contributed by atoms with Gasteiger partial charge in [-0.15, -0.1) is 0 Å². The van der Waals surface area contributed by atoms with Gasteiger partial charge in [0.05, 0.1) is 6.07 Å². The largest absolute Gasteiger partial charge is 0.433 e. The first-order chi connectivity index (χ1) is 14.2. The molecular weight excluding hydrogens is 391 g/mol. The quantitative estimate of drug-likeness (QED) is 0.649. The first-order valence-corrected chi connectivity index (χ1v) is 9.27. The van der Waals surface area contributed by atoms with E-state index < -0.39 is 17.4 Å². The van der Waals surface area contributed by atoms with Crippen LogP contribution in [-0.2, 0) is 6.18 Å². The average molecular weight is 409 g/mol. The molecule has 0 unspecified atom stereocenters. The summed E-state index contributed by atoms with van der Waals surface area (Å²) in [4.78, 5) is 13.1. The lowest BCUT2D eigenvalue weighted by atomic mass is 9.99. The minimum absolute atomic E-state index is 0.537. The summed E-state index contributed by atoms with van der Waals surface area (Å²) in [5, 5.41) is 10.4. The first kappa shape index (κ1) is 19.7. The van der Waals surface area contributed by atoms with Crippen LogP contribution in [0.5, 0.6) is 0 Å². The van der Waals surface area contributed by atoms with Gasteiger partial charge in [0, 0.05) is 46.8 Å². The van der Waals surface area contributed by atoms with Crippen molar-refractivity contribution in [3.63, 3.8) is 0 Å². The summed E-state index contributed by atoms with van der Waals surface area (Å²) in [6, 6.07) is 8.45. The van der Waals surface area contributed by atoms with E-state index in [1.54, 1.807) is 6.20 Å². The SMILES string of the molecule is CC(C)(C#N)N1CC=CC=C1c1cnc2[nH]c(-c3ccc(C(F)(F)F)nc3)cc2c1. The first-order valence-electron chi connectivity index (χ1n) is 9.27. The summed E-state index contributed by atoms with van der Waals surface area (Å²) in [5.74, 6) is 0. The van der Waals surface area contributed by atoms with E-state index in [1.165, 1.54) is 12.3 Å². The van der Waals surface area contributed by atoms with Gasteiger partial charge in [-0.1, -0.05) is 12.2 Å². The predicted molar refractivity (Wildman–Crippen MR) is 108 cm³/mol. The summed E-state index contributed by atoms with van der Waals surface area (Å²) in [6.07, 6.45) is 4.32. The molecule has 0 fully saturated rings. The molecule has 5 nitrogen and oxygen atoms in total. The number of fused-ring (bicyclic) bond motifs is 1. The fourth-order valence-corrected chi connectivity index (χ4v) is 3.39. The lowest BCUT2D eigenvalue weighted by Crippen LogP contribution is -2.42. The molecule has 1 N–H and O–H groups in total. The summed E-state index contributed by atoms with van der Waals surface area (Å²) in [6.45, 7) is 4.33. The van der Waals surface area contributed by atoms with E-state index in [1.807, 2.05) is 49.1 Å². The Hall–Kier alpha value is -3.60. The van der Waals surface area contributed by atoms with Gasteiger partial charge in [0.1, 0.15) is 16.9 Å². The van der Waals surface area contributed by atoms with Crippen LogP contribution in [0, 0.1) is 11.3 Å². The molecule has 0 spiro atoms. The predicted octanol–water partition coefficient (Wildman–Crippen LogP) is 5.16. The van der Waals surface area contributed by atoms with Crippen LogP contribution in [0.3, 0.4) is 0 Å². The molecule has 0 radical (unpaired) electrons. The van der Waals surface area contributed by atoms with E-state index in [-0.39, 0.29) is 0 Å². The van der Waals surface area contributed by atoms with Crippen molar-refractivity contribution in [2.45, 2.75) is 25.6 Å². The van der Waals surface area contributed by atoms with Gasteiger partial charge >= 0.3 is 6.18 Å². The number of hydrogen-bond donors (Lipinski definition) is 1. The van der Waals surface area contributed by atoms with E-state index in [0.29, 0.717) is 23.4 Å². The van der Waals surface area contributed by atoms with Crippen LogP contribution in [0.1, 0.15) is 25.1 Å². The van der Waals surface area contributed by atoms with Gasteiger partial charge < -0.3 is 9.88 Å². The number of alkyl halides is 3. The van der Waals surface area contributed by atoms with E-state index in [2.05, 4.69) is 21.0 Å². The highest BCUT2D eigenvalue weighted by Gasteiger charge is 2.32. The molecule has 0 bridgehead atoms. The van der Waals surface area contributed by atoms with Crippen LogP contribution >= 0.6 is 0 Å². The number of H-pyrrole nitrogens is 1. The maximum atomic E-state index is 12.7. The number of aromatic amines is 1. The van der Waals surface area contributed by atoms with Crippen molar-refractivity contribution < 1.29 is 13.2 Å². The van der Waals surface area contributed by atoms with Gasteiger partial charge in [-0.2, -0.15) is 18.4 Å². The fourth-order valence-electron chi connectivity index (χ4n) is 3.39. The lowest BCUT2D eigenvalue weighted by Gasteiger charge is -2.37. The molecule has 0 saturated carbocycles. The summed E-state index contributed by atoms with van der Waals surface area (Å²) in [7, 11) is 0. The molecule has 4 rings (SSSR count). The van der Waals surface area contributed by atoms with Gasteiger partial charge in [-0.05, 0) is 44.2 Å². The average Bonchev–Trinajstić information content (AvgIpc) is 3.16. The van der Waals surface area contributed by atoms with Gasteiger partial charge in [0.2, 0.25) is 0 Å². The van der Waals surface area contributed by atoms with E-state index >= 15 is 0 Å². The Labute approximate surface area is 171 Å². The molecule has 152 valence electrons. The normalized spacial score (nSPS) is 14.7. The minimum atomic E-state index is -4.47. The number of pyridine rings is 2. The molecule has 3 aromatic heterocycles. The highest BCUT2D eigenvalue weighted by molar-refractivity contribution is 5.86. The van der Waals surface area contributed by atoms with Gasteiger partial charge in [-0.25, -0.2) is 4.98 Å². The third kappa shape index (κ3) is 3.54. The van der Waals surface area contributed by atoms with Crippen LogP contribution in [0.25, 0.3) is 28.0 Å². The van der Waals surface area contributed by atoms with Crippen LogP contribution in [0.4, 0.5) is 13.2 Å². The molecule has 3 aromatic rings. The van der Waals surface area contributed by atoms with E-state index in [4.69, 9.17) is 0 Å². The molecule has 30 heavy (non-hydrogen) atoms. The van der Waals surface area contributed by atoms with Crippen LogP contribution < -0.4 is 0 Å². The molecule has 8 heteroatoms. The molecular formula is C22H18F3N5. The summed E-state index contributed by atoms with van der Waals surface area (Å²) >= 11 is 0. The van der Waals surface area contributed by atoms with Crippen LogP contribution in [0.2, 0.25) is 0 Å². The number of hydrogen-bond acceptors (Lipinski definition) is 4. The third-order valence-corrected chi connectivity index (χ3v) is 5.05. The molecule has 0 aromatic carbocycles. The Bertz CT molecular complexity index is 1190. The van der Waals surface area contributed by atoms with E-state index in [9.17, 15) is 18.4 Å². The second-order valence-corrected chi connectivity index (χ2v) is 7.54. The Morgan fingerprint density at radius 1 is 1.10 bits per heavy atom. The molecule has 0 aliphatic carbocycles. The topological polar surface area (TPSA) is 68.6 Å². The number of aromatic nitrogens is 3. The second-order valence-electron chi connectivity index (χ2n) is 7.54. The van der Waals surface area contributed by atoms with E-state index in [0.717, 1.165) is 22.7 Å². The molecule has 0 amide bonds. The maximum absolute atomic E-state index is 12.7. The van der Waals surface area contributed by atoms with Crippen molar-refractivity contribution in [3.8, 4) is 17.3 Å². The number of nitrogens with zero attached hydrogens (tertiary/aromatic N) is 4. The Morgan fingerprint density at radius 3 is 2.53 bits per heavy atom. The zero-order valence-electron chi connectivity index (χ0n) is 16.3. The summed E-state index contributed by atoms with van der Waals surface area (Å²) in [5.41, 5.74) is 1.90.